The van der Waals surface area contributed by atoms with E-state index < -0.39 is 17.6 Å². The van der Waals surface area contributed by atoms with Crippen LogP contribution in [0.15, 0.2) is 139 Å². The van der Waals surface area contributed by atoms with E-state index in [0.717, 1.165) is 56.6 Å². The second kappa shape index (κ2) is 16.7. The molecule has 0 unspecified atom stereocenters. The predicted octanol–water partition coefficient (Wildman–Crippen LogP) is 15.5. The highest BCUT2D eigenvalue weighted by atomic mass is 16.3. The molecule has 2 aromatic heterocycles. The highest BCUT2D eigenvalue weighted by Gasteiger charge is 2.26. The number of hydrogen-bond donors (Lipinski definition) is 1. The largest absolute Gasteiger partial charge is 0.507 e. The van der Waals surface area contributed by atoms with Crippen LogP contribution in [0, 0.1) is 12.8 Å². The van der Waals surface area contributed by atoms with Gasteiger partial charge < -0.3 is 5.11 Å². The Morgan fingerprint density at radius 2 is 1.41 bits per heavy atom. The third kappa shape index (κ3) is 8.42. The fraction of sp³-hybridized carbons (Fsp3) is 0.263. The minimum Gasteiger partial charge on any atom is -0.507 e. The topological polar surface area (TPSA) is 50.9 Å². The van der Waals surface area contributed by atoms with Crippen LogP contribution in [-0.4, -0.2) is 19.6 Å². The highest BCUT2D eigenvalue weighted by Crippen LogP contribution is 2.44. The summed E-state index contributed by atoms with van der Waals surface area (Å²) in [7, 11) is 0. The Kier molecular flexibility index (Phi) is 9.13. The van der Waals surface area contributed by atoms with Crippen LogP contribution in [0.3, 0.4) is 0 Å². The van der Waals surface area contributed by atoms with Crippen molar-refractivity contribution in [3.8, 4) is 67.5 Å². The molecule has 2 heterocycles. The SMILES string of the molecule is [2H]c1nc(-c2cc(-c3cccc4c3nc(-c3cc(C(C)C)cc(C(C)C)c3O)n4-c3ccc(CC(C)C)cc3-c3ccccc3)cc(C(C)(C)C)c2)c([2H])c(-c2c([2H])c([2H])c(C)c([2H])c2[2H])c1[2H]. The molecule has 6 aromatic carbocycles. The number of aromatic hydroxyl groups is 1. The molecule has 0 aliphatic carbocycles. The number of para-hydroxylation sites is 1. The third-order valence-electron chi connectivity index (χ3n) is 11.4. The lowest BCUT2D eigenvalue weighted by molar-refractivity contribution is 0.466. The fourth-order valence-electron chi connectivity index (χ4n) is 8.04. The van der Waals surface area contributed by atoms with E-state index in [9.17, 15) is 6.48 Å². The summed E-state index contributed by atoms with van der Waals surface area (Å²) in [5, 5.41) is 12.3. The molecule has 1 N–H and O–H groups in total. The maximum atomic E-state index is 12.3. The van der Waals surface area contributed by atoms with Crippen LogP contribution in [0.25, 0.3) is 72.7 Å². The molecule has 8 aromatic rings. The van der Waals surface area contributed by atoms with Gasteiger partial charge in [0.1, 0.15) is 11.6 Å². The van der Waals surface area contributed by atoms with Crippen molar-refractivity contribution in [3.63, 3.8) is 0 Å². The summed E-state index contributed by atoms with van der Waals surface area (Å²) >= 11 is 0. The van der Waals surface area contributed by atoms with Crippen LogP contribution in [0.5, 0.6) is 5.75 Å². The number of aromatic nitrogens is 3. The number of nitrogens with zero attached hydrogens (tertiary/aromatic N) is 3. The number of hydrogen-bond acceptors (Lipinski definition) is 3. The predicted molar refractivity (Wildman–Crippen MR) is 258 cm³/mol. The van der Waals surface area contributed by atoms with Gasteiger partial charge in [-0.1, -0.05) is 153 Å². The summed E-state index contributed by atoms with van der Waals surface area (Å²) in [4.78, 5) is 10.1. The fourth-order valence-corrected chi connectivity index (χ4v) is 8.04. The van der Waals surface area contributed by atoms with Gasteiger partial charge in [0.2, 0.25) is 0 Å². The molecule has 308 valence electrons. The van der Waals surface area contributed by atoms with Crippen molar-refractivity contribution in [1.29, 1.82) is 0 Å². The molecule has 0 saturated carbocycles. The Labute approximate surface area is 372 Å². The number of phenolic OH excluding ortho intramolecular Hbond substituents is 1. The van der Waals surface area contributed by atoms with Crippen LogP contribution in [-0.2, 0) is 11.8 Å². The van der Waals surface area contributed by atoms with E-state index in [1.54, 1.807) is 0 Å². The van der Waals surface area contributed by atoms with Crippen LogP contribution in [0.4, 0.5) is 0 Å². The molecule has 0 spiro atoms. The van der Waals surface area contributed by atoms with Crippen LogP contribution in [0.2, 0.25) is 0 Å². The summed E-state index contributed by atoms with van der Waals surface area (Å²) in [5.41, 5.74) is 10.6. The van der Waals surface area contributed by atoms with Gasteiger partial charge in [0.15, 0.2) is 0 Å². The molecule has 0 radical (unpaired) electrons. The first-order valence-electron chi connectivity index (χ1n) is 24.9. The third-order valence-corrected chi connectivity index (χ3v) is 11.4. The molecule has 0 fully saturated rings. The quantitative estimate of drug-likeness (QED) is 0.150. The Morgan fingerprint density at radius 3 is 2.10 bits per heavy atom. The van der Waals surface area contributed by atoms with E-state index in [1.807, 2.05) is 42.5 Å². The molecule has 61 heavy (non-hydrogen) atoms. The van der Waals surface area contributed by atoms with Crippen molar-refractivity contribution in [1.82, 2.24) is 14.5 Å². The van der Waals surface area contributed by atoms with Crippen LogP contribution in [0.1, 0.15) is 112 Å². The first-order valence-corrected chi connectivity index (χ1v) is 21.4. The number of fused-ring (bicyclic) bond motifs is 1. The van der Waals surface area contributed by atoms with E-state index in [2.05, 4.69) is 126 Å². The van der Waals surface area contributed by atoms with Gasteiger partial charge in [-0.3, -0.25) is 9.55 Å². The van der Waals surface area contributed by atoms with Crippen molar-refractivity contribution in [2.24, 2.45) is 5.92 Å². The molecule has 4 nitrogen and oxygen atoms in total. The van der Waals surface area contributed by atoms with Gasteiger partial charge in [-0.2, -0.15) is 0 Å². The molecule has 0 bridgehead atoms. The van der Waals surface area contributed by atoms with Gasteiger partial charge in [-0.05, 0) is 130 Å². The standard InChI is InChI=1S/C57H59N3O/c1-35(2)27-39-21-24-52(49(28-39)41-15-12-11-13-16-41)60-53-18-14-17-47(54(53)59-56(60)50-33-43(36(3)4)32-48(37(5)6)55(50)61)44-29-45(31-46(30-44)57(8,9)10)51-34-42(25-26-58-51)40-22-19-38(7)20-23-40/h11-26,28-37,61H,27H2,1-10H3/i19D,20D,22D,23D,25D,26D,34D. The van der Waals surface area contributed by atoms with E-state index in [0.29, 0.717) is 28.4 Å². The van der Waals surface area contributed by atoms with Gasteiger partial charge in [0.05, 0.1) is 37.6 Å². The van der Waals surface area contributed by atoms with Crippen LogP contribution >= 0.6 is 0 Å². The molecule has 0 amide bonds. The summed E-state index contributed by atoms with van der Waals surface area (Å²) in [5.74, 6) is 1.42. The van der Waals surface area contributed by atoms with Gasteiger partial charge in [-0.25, -0.2) is 4.98 Å². The second-order valence-electron chi connectivity index (χ2n) is 18.3. The highest BCUT2D eigenvalue weighted by molar-refractivity contribution is 5.98. The Bertz CT molecular complexity index is 3250. The molecular formula is C57H59N3O. The Balaban J connectivity index is 1.47. The number of imidazole rings is 1. The first-order chi connectivity index (χ1) is 32.1. The lowest BCUT2D eigenvalue weighted by Gasteiger charge is -2.22. The van der Waals surface area contributed by atoms with Gasteiger partial charge in [0.25, 0.3) is 0 Å². The lowest BCUT2D eigenvalue weighted by Crippen LogP contribution is -2.11. The molecule has 0 saturated heterocycles. The number of rotatable bonds is 10. The summed E-state index contributed by atoms with van der Waals surface area (Å²) in [6.45, 7) is 20.7. The molecule has 0 atom stereocenters. The van der Waals surface area contributed by atoms with Crippen molar-refractivity contribution in [3.05, 3.63) is 167 Å². The van der Waals surface area contributed by atoms with E-state index in [4.69, 9.17) is 13.2 Å². The Morgan fingerprint density at radius 1 is 0.672 bits per heavy atom. The smallest absolute Gasteiger partial charge is 0.149 e. The zero-order valence-corrected chi connectivity index (χ0v) is 37.0. The summed E-state index contributed by atoms with van der Waals surface area (Å²) in [6, 6.07) is 31.2. The van der Waals surface area contributed by atoms with Crippen molar-refractivity contribution in [2.45, 2.75) is 92.9 Å². The Hall–Kier alpha value is -6.26. The molecular weight excluding hydrogens is 743 g/mol. The summed E-state index contributed by atoms with van der Waals surface area (Å²) in [6.07, 6.45) is 0.455. The minimum atomic E-state index is -0.450. The van der Waals surface area contributed by atoms with Crippen molar-refractivity contribution in [2.75, 3.05) is 0 Å². The average molecular weight is 809 g/mol. The zero-order chi connectivity index (χ0) is 49.3. The van der Waals surface area contributed by atoms with E-state index in [-0.39, 0.29) is 70.2 Å². The number of phenols is 1. The van der Waals surface area contributed by atoms with Gasteiger partial charge >= 0.3 is 0 Å². The number of pyridine rings is 1. The van der Waals surface area contributed by atoms with Crippen LogP contribution < -0.4 is 0 Å². The van der Waals surface area contributed by atoms with E-state index >= 15 is 0 Å². The maximum Gasteiger partial charge on any atom is 0.149 e. The van der Waals surface area contributed by atoms with Crippen molar-refractivity contribution >= 4 is 11.0 Å². The lowest BCUT2D eigenvalue weighted by atomic mass is 9.83. The van der Waals surface area contributed by atoms with Gasteiger partial charge in [0, 0.05) is 22.9 Å². The molecule has 0 aliphatic heterocycles. The van der Waals surface area contributed by atoms with Gasteiger partial charge in [-0.15, -0.1) is 0 Å². The average Bonchev–Trinajstić information content (AvgIpc) is 3.69. The zero-order valence-electron chi connectivity index (χ0n) is 44.0. The summed E-state index contributed by atoms with van der Waals surface area (Å²) < 4.78 is 64.3. The normalized spacial score (nSPS) is 13.6. The minimum absolute atomic E-state index is 0.0356. The molecule has 8 rings (SSSR count). The number of benzene rings is 6. The van der Waals surface area contributed by atoms with Crippen molar-refractivity contribution < 1.29 is 14.7 Å². The second-order valence-corrected chi connectivity index (χ2v) is 18.3. The maximum absolute atomic E-state index is 12.3. The molecule has 4 heteroatoms. The first kappa shape index (κ1) is 33.5. The monoisotopic (exact) mass is 809 g/mol. The van der Waals surface area contributed by atoms with E-state index in [1.165, 1.54) is 12.5 Å². The molecule has 0 aliphatic rings.